The molecule has 3 aromatic heterocycles. The lowest BCUT2D eigenvalue weighted by molar-refractivity contribution is 0.553. The van der Waals surface area contributed by atoms with Crippen molar-refractivity contribution in [2.75, 3.05) is 29.9 Å². The van der Waals surface area contributed by atoms with E-state index in [1.807, 2.05) is 16.5 Å². The third-order valence-corrected chi connectivity index (χ3v) is 7.81. The van der Waals surface area contributed by atoms with Crippen molar-refractivity contribution in [2.24, 2.45) is 0 Å². The molecule has 36 heavy (non-hydrogen) atoms. The van der Waals surface area contributed by atoms with Crippen LogP contribution in [0.1, 0.15) is 55.3 Å². The lowest BCUT2D eigenvalue weighted by Crippen LogP contribution is -2.28. The number of halogens is 1. The molecule has 0 amide bonds. The van der Waals surface area contributed by atoms with Gasteiger partial charge in [0.15, 0.2) is 10.8 Å². The van der Waals surface area contributed by atoms with Gasteiger partial charge < -0.3 is 9.80 Å². The minimum absolute atomic E-state index is 0.318. The molecule has 5 rings (SSSR count). The minimum Gasteiger partial charge on any atom is -0.356 e. The zero-order valence-electron chi connectivity index (χ0n) is 21.0. The van der Waals surface area contributed by atoms with Gasteiger partial charge in [-0.3, -0.25) is 0 Å². The average Bonchev–Trinajstić information content (AvgIpc) is 3.46. The number of fused-ring (bicyclic) bond motifs is 1. The fraction of sp³-hybridized carbons (Fsp3) is 0.407. The zero-order valence-corrected chi connectivity index (χ0v) is 21.8. The Morgan fingerprint density at radius 3 is 2.44 bits per heavy atom. The Bertz CT molecular complexity index is 1410. The smallest absolute Gasteiger partial charge is 0.191 e. The Balaban J connectivity index is 1.59. The molecule has 1 aliphatic rings. The van der Waals surface area contributed by atoms with Crippen molar-refractivity contribution < 1.29 is 4.39 Å². The van der Waals surface area contributed by atoms with Crippen LogP contribution in [0.15, 0.2) is 30.3 Å². The van der Waals surface area contributed by atoms with Crippen LogP contribution in [0.4, 0.5) is 21.0 Å². The predicted octanol–water partition coefficient (Wildman–Crippen LogP) is 6.27. The fourth-order valence-corrected chi connectivity index (χ4v) is 5.68. The van der Waals surface area contributed by atoms with E-state index in [0.29, 0.717) is 21.3 Å². The Morgan fingerprint density at radius 2 is 1.78 bits per heavy atom. The lowest BCUT2D eigenvalue weighted by atomic mass is 10.1. The highest BCUT2D eigenvalue weighted by atomic mass is 32.1. The lowest BCUT2D eigenvalue weighted by Gasteiger charge is -2.26. The summed E-state index contributed by atoms with van der Waals surface area (Å²) in [7, 11) is 1.95. The number of hydrogen-bond acceptors (Lipinski definition) is 7. The van der Waals surface area contributed by atoms with Gasteiger partial charge in [0.25, 0.3) is 0 Å². The predicted molar refractivity (Wildman–Crippen MR) is 143 cm³/mol. The van der Waals surface area contributed by atoms with Crippen LogP contribution < -0.4 is 9.80 Å². The number of thiazole rings is 1. The number of hydrogen-bond donors (Lipinski definition) is 0. The summed E-state index contributed by atoms with van der Waals surface area (Å²) in [4.78, 5) is 14.8. The van der Waals surface area contributed by atoms with Gasteiger partial charge in [-0.2, -0.15) is 10.4 Å². The second-order valence-corrected chi connectivity index (χ2v) is 10.2. The number of nitriles is 1. The maximum Gasteiger partial charge on any atom is 0.191 e. The number of anilines is 3. The van der Waals surface area contributed by atoms with Gasteiger partial charge in [0.05, 0.1) is 5.69 Å². The normalized spacial score (nSPS) is 14.5. The molecule has 0 radical (unpaired) electrons. The Labute approximate surface area is 214 Å². The van der Waals surface area contributed by atoms with Gasteiger partial charge in [-0.15, -0.1) is 0 Å². The summed E-state index contributed by atoms with van der Waals surface area (Å²) in [5, 5.41) is 15.3. The van der Waals surface area contributed by atoms with E-state index >= 15 is 0 Å². The Morgan fingerprint density at radius 1 is 1.08 bits per heavy atom. The number of aryl methyl sites for hydroxylation is 2. The molecule has 4 heterocycles. The molecule has 0 unspecified atom stereocenters. The minimum atomic E-state index is -0.318. The van der Waals surface area contributed by atoms with Gasteiger partial charge >= 0.3 is 0 Å². The molecule has 0 N–H and O–H groups in total. The van der Waals surface area contributed by atoms with Gasteiger partial charge in [0, 0.05) is 37.5 Å². The van der Waals surface area contributed by atoms with E-state index in [4.69, 9.17) is 15.1 Å². The van der Waals surface area contributed by atoms with Crippen LogP contribution in [0.25, 0.3) is 16.9 Å². The van der Waals surface area contributed by atoms with Crippen molar-refractivity contribution in [1.82, 2.24) is 19.6 Å². The average molecular weight is 504 g/mol. The van der Waals surface area contributed by atoms with E-state index in [0.717, 1.165) is 48.1 Å². The monoisotopic (exact) mass is 503 g/mol. The van der Waals surface area contributed by atoms with Crippen LogP contribution in [0.3, 0.4) is 0 Å². The van der Waals surface area contributed by atoms with Crippen LogP contribution in [-0.2, 0) is 6.42 Å². The van der Waals surface area contributed by atoms with E-state index in [1.54, 1.807) is 12.1 Å². The molecular weight excluding hydrogens is 473 g/mol. The highest BCUT2D eigenvalue weighted by Gasteiger charge is 2.24. The van der Waals surface area contributed by atoms with Gasteiger partial charge in [-0.25, -0.2) is 18.9 Å². The molecule has 0 aliphatic carbocycles. The van der Waals surface area contributed by atoms with Crippen molar-refractivity contribution in [2.45, 2.75) is 52.4 Å². The number of aromatic nitrogens is 4. The van der Waals surface area contributed by atoms with E-state index in [2.05, 4.69) is 30.9 Å². The fourth-order valence-electron chi connectivity index (χ4n) is 4.83. The number of rotatable bonds is 5. The first-order chi connectivity index (χ1) is 17.5. The van der Waals surface area contributed by atoms with Crippen molar-refractivity contribution >= 4 is 33.6 Å². The van der Waals surface area contributed by atoms with Crippen LogP contribution in [0, 0.1) is 24.1 Å². The zero-order chi connectivity index (χ0) is 25.2. The summed E-state index contributed by atoms with van der Waals surface area (Å²) in [6.07, 6.45) is 6.94. The highest BCUT2D eigenvalue weighted by molar-refractivity contribution is 7.16. The van der Waals surface area contributed by atoms with Crippen LogP contribution >= 0.6 is 11.3 Å². The summed E-state index contributed by atoms with van der Waals surface area (Å²) < 4.78 is 15.4. The van der Waals surface area contributed by atoms with E-state index in [9.17, 15) is 9.65 Å². The Hall–Kier alpha value is -3.51. The van der Waals surface area contributed by atoms with Gasteiger partial charge in [0.1, 0.15) is 34.0 Å². The maximum atomic E-state index is 13.5. The number of nitrogens with zero attached hydrogens (tertiary/aromatic N) is 7. The van der Waals surface area contributed by atoms with Crippen molar-refractivity contribution in [3.63, 3.8) is 0 Å². The molecule has 7 nitrogen and oxygen atoms in total. The van der Waals surface area contributed by atoms with E-state index in [1.165, 1.54) is 55.6 Å². The first-order valence-electron chi connectivity index (χ1n) is 12.5. The molecule has 186 valence electrons. The topological polar surface area (TPSA) is 73.3 Å². The molecular formula is C27H30FN7S. The summed E-state index contributed by atoms with van der Waals surface area (Å²) in [5.41, 5.74) is 4.93. The molecule has 0 saturated carbocycles. The molecule has 1 aromatic carbocycles. The van der Waals surface area contributed by atoms with Gasteiger partial charge in [-0.1, -0.05) is 37.5 Å². The summed E-state index contributed by atoms with van der Waals surface area (Å²) in [6, 6.07) is 10.5. The SMILES string of the molecule is CCc1nn2c(C)cc(N3CCCCCCC3)nc2c1N(C)c1nc(-c2ccc(F)cc2)c(C#N)s1. The van der Waals surface area contributed by atoms with Gasteiger partial charge in [0.2, 0.25) is 0 Å². The second-order valence-electron chi connectivity index (χ2n) is 9.25. The molecule has 1 aliphatic heterocycles. The molecule has 0 atom stereocenters. The van der Waals surface area contributed by atoms with E-state index in [-0.39, 0.29) is 5.82 Å². The first-order valence-corrected chi connectivity index (χ1v) is 13.4. The third-order valence-electron chi connectivity index (χ3n) is 6.77. The van der Waals surface area contributed by atoms with Crippen LogP contribution in [0.2, 0.25) is 0 Å². The van der Waals surface area contributed by atoms with Gasteiger partial charge in [-0.05, 0) is 50.5 Å². The molecule has 1 fully saturated rings. The first kappa shape index (κ1) is 24.2. The van der Waals surface area contributed by atoms with Crippen LogP contribution in [0.5, 0.6) is 0 Å². The molecule has 0 spiro atoms. The summed E-state index contributed by atoms with van der Waals surface area (Å²) in [5.74, 6) is 0.670. The van der Waals surface area contributed by atoms with Crippen LogP contribution in [-0.4, -0.2) is 39.7 Å². The standard InChI is InChI=1S/C27H30FN7S/c1-4-21-25(33(3)27-31-24(22(17-29)36-27)19-10-12-20(28)13-11-19)26-30-23(16-18(2)35(26)32-21)34-14-8-6-5-7-9-15-34/h10-13,16H,4-9,14-15H2,1-3H3. The number of benzene rings is 1. The second kappa shape index (κ2) is 10.2. The molecule has 0 bridgehead atoms. The van der Waals surface area contributed by atoms with Crippen molar-refractivity contribution in [3.05, 3.63) is 52.4 Å². The summed E-state index contributed by atoms with van der Waals surface area (Å²) in [6.45, 7) is 6.19. The quantitative estimate of drug-likeness (QED) is 0.319. The highest BCUT2D eigenvalue weighted by Crippen LogP contribution is 2.38. The Kier molecular flexibility index (Phi) is 6.88. The maximum absolute atomic E-state index is 13.5. The van der Waals surface area contributed by atoms with Crippen molar-refractivity contribution in [1.29, 1.82) is 5.26 Å². The molecule has 9 heteroatoms. The van der Waals surface area contributed by atoms with E-state index < -0.39 is 0 Å². The molecule has 1 saturated heterocycles. The molecule has 4 aromatic rings. The van der Waals surface area contributed by atoms with Crippen molar-refractivity contribution in [3.8, 4) is 17.3 Å². The largest absolute Gasteiger partial charge is 0.356 e. The third kappa shape index (κ3) is 4.53. The summed E-state index contributed by atoms with van der Waals surface area (Å²) >= 11 is 1.32.